The van der Waals surface area contributed by atoms with Crippen molar-refractivity contribution in [2.45, 2.75) is 0 Å². The number of hydroxylamine groups is 1. The maximum absolute atomic E-state index is 5.01. The summed E-state index contributed by atoms with van der Waals surface area (Å²) in [5.41, 5.74) is 4.01. The van der Waals surface area contributed by atoms with Gasteiger partial charge in [-0.2, -0.15) is 0 Å². The van der Waals surface area contributed by atoms with Gasteiger partial charge in [-0.05, 0) is 12.1 Å². The number of hydrogen-bond acceptors (Lipinski definition) is 4. The summed E-state index contributed by atoms with van der Waals surface area (Å²) in [6, 6.07) is 9.91. The van der Waals surface area contributed by atoms with Crippen LogP contribution in [0.3, 0.4) is 0 Å². The molecule has 1 aliphatic heterocycles. The normalized spacial score (nSPS) is 14.6. The van der Waals surface area contributed by atoms with Crippen LogP contribution in [0.1, 0.15) is 0 Å². The summed E-state index contributed by atoms with van der Waals surface area (Å²) in [5, 5.41) is 3.30. The van der Waals surface area contributed by atoms with E-state index in [1.807, 2.05) is 41.5 Å². The Morgan fingerprint density at radius 1 is 1.21 bits per heavy atom. The maximum Gasteiger partial charge on any atom is 0.114 e. The fourth-order valence-corrected chi connectivity index (χ4v) is 1.17. The van der Waals surface area contributed by atoms with E-state index < -0.39 is 0 Å². The molecule has 0 spiro atoms. The molecule has 0 atom stereocenters. The van der Waals surface area contributed by atoms with Gasteiger partial charge in [0.2, 0.25) is 0 Å². The Morgan fingerprint density at radius 2 is 2.00 bits per heavy atom. The van der Waals surface area contributed by atoms with Crippen LogP contribution in [-0.4, -0.2) is 5.17 Å². The Kier molecular flexibility index (Phi) is 2.38. The number of para-hydroxylation sites is 1. The van der Waals surface area contributed by atoms with Gasteiger partial charge in [0.15, 0.2) is 0 Å². The second kappa shape index (κ2) is 3.85. The lowest BCUT2D eigenvalue weighted by atomic mass is 10.3. The molecule has 2 rings (SSSR count). The van der Waals surface area contributed by atoms with Gasteiger partial charge >= 0.3 is 0 Å². The number of nitrogens with one attached hydrogen (secondary N) is 1. The second-order valence-electron chi connectivity index (χ2n) is 2.70. The van der Waals surface area contributed by atoms with Crippen LogP contribution in [0.4, 0.5) is 5.69 Å². The first-order valence-corrected chi connectivity index (χ1v) is 4.26. The van der Waals surface area contributed by atoms with Crippen molar-refractivity contribution >= 4 is 5.69 Å². The summed E-state index contributed by atoms with van der Waals surface area (Å²) in [7, 11) is 0. The smallest absolute Gasteiger partial charge is 0.114 e. The molecule has 0 aliphatic carbocycles. The van der Waals surface area contributed by atoms with E-state index in [0.29, 0.717) is 0 Å². The van der Waals surface area contributed by atoms with Crippen molar-refractivity contribution in [3.8, 4) is 0 Å². The summed E-state index contributed by atoms with van der Waals surface area (Å²) in [4.78, 5) is 5.01. The fraction of sp³-hybridized carbons (Fsp3) is 0. The molecule has 0 bridgehead atoms. The van der Waals surface area contributed by atoms with Gasteiger partial charge in [0.25, 0.3) is 0 Å². The molecule has 14 heavy (non-hydrogen) atoms. The van der Waals surface area contributed by atoms with Gasteiger partial charge < -0.3 is 4.84 Å². The Balaban J connectivity index is 2.04. The molecular formula is C10H11N3O. The van der Waals surface area contributed by atoms with E-state index in [4.69, 9.17) is 4.84 Å². The predicted octanol–water partition coefficient (Wildman–Crippen LogP) is 1.77. The molecular weight excluding hydrogens is 178 g/mol. The van der Waals surface area contributed by atoms with Gasteiger partial charge in [0, 0.05) is 6.20 Å². The average Bonchev–Trinajstić information content (AvgIpc) is 2.68. The van der Waals surface area contributed by atoms with Crippen molar-refractivity contribution in [2.75, 3.05) is 5.01 Å². The Bertz CT molecular complexity index is 336. The first-order chi connectivity index (χ1) is 6.90. The quantitative estimate of drug-likeness (QED) is 0.733. The molecule has 1 aliphatic rings. The summed E-state index contributed by atoms with van der Waals surface area (Å²) in [6.07, 6.45) is 4.97. The minimum absolute atomic E-state index is 1.04. The van der Waals surface area contributed by atoms with E-state index in [1.165, 1.54) is 11.4 Å². The van der Waals surface area contributed by atoms with Crippen LogP contribution in [0.5, 0.6) is 0 Å². The summed E-state index contributed by atoms with van der Waals surface area (Å²) in [5.74, 6) is 0. The number of nitrogens with zero attached hydrogens (tertiary/aromatic N) is 2. The average molecular weight is 189 g/mol. The molecule has 0 aromatic heterocycles. The molecule has 0 amide bonds. The molecule has 0 saturated heterocycles. The number of hydrazine groups is 2. The first kappa shape index (κ1) is 8.65. The van der Waals surface area contributed by atoms with E-state index in [9.17, 15) is 0 Å². The van der Waals surface area contributed by atoms with Crippen LogP contribution in [0.25, 0.3) is 0 Å². The van der Waals surface area contributed by atoms with Gasteiger partial charge in [-0.3, -0.25) is 5.01 Å². The van der Waals surface area contributed by atoms with Gasteiger partial charge in [-0.15, -0.1) is 10.7 Å². The zero-order valence-electron chi connectivity index (χ0n) is 7.63. The highest BCUT2D eigenvalue weighted by molar-refractivity contribution is 5.47. The zero-order chi connectivity index (χ0) is 9.80. The van der Waals surface area contributed by atoms with E-state index in [0.717, 1.165) is 5.69 Å². The van der Waals surface area contributed by atoms with Crippen LogP contribution in [0.2, 0.25) is 0 Å². The first-order valence-electron chi connectivity index (χ1n) is 4.26. The number of rotatable bonds is 3. The Labute approximate surface area is 82.6 Å². The monoisotopic (exact) mass is 189 g/mol. The standard InChI is InChI=1S/C10H11N3O/c1-2-14-13-9-8-12(11-13)10-6-4-3-5-7-10/h2-9,11H,1H2. The highest BCUT2D eigenvalue weighted by Crippen LogP contribution is 2.14. The summed E-state index contributed by atoms with van der Waals surface area (Å²) >= 11 is 0. The van der Waals surface area contributed by atoms with Crippen LogP contribution in [0.15, 0.2) is 55.6 Å². The van der Waals surface area contributed by atoms with Gasteiger partial charge in [-0.1, -0.05) is 24.8 Å². The molecule has 1 N–H and O–H groups in total. The van der Waals surface area contributed by atoms with E-state index in [2.05, 4.69) is 12.1 Å². The van der Waals surface area contributed by atoms with Crippen molar-refractivity contribution in [3.05, 3.63) is 55.6 Å². The SMILES string of the molecule is C=CON1C=CN(c2ccccc2)N1. The molecule has 0 unspecified atom stereocenters. The lowest BCUT2D eigenvalue weighted by molar-refractivity contribution is -0.0918. The van der Waals surface area contributed by atoms with Crippen LogP contribution < -0.4 is 10.5 Å². The van der Waals surface area contributed by atoms with E-state index >= 15 is 0 Å². The van der Waals surface area contributed by atoms with Crippen molar-refractivity contribution in [1.29, 1.82) is 0 Å². The van der Waals surface area contributed by atoms with Crippen LogP contribution >= 0.6 is 0 Å². The third-order valence-corrected chi connectivity index (χ3v) is 1.78. The minimum Gasteiger partial charge on any atom is -0.371 e. The molecule has 4 heteroatoms. The van der Waals surface area contributed by atoms with E-state index in [1.54, 1.807) is 6.20 Å². The molecule has 1 heterocycles. The maximum atomic E-state index is 5.01. The largest absolute Gasteiger partial charge is 0.371 e. The number of benzene rings is 1. The van der Waals surface area contributed by atoms with Crippen molar-refractivity contribution < 1.29 is 4.84 Å². The third kappa shape index (κ3) is 1.70. The van der Waals surface area contributed by atoms with Crippen LogP contribution in [0, 0.1) is 0 Å². The third-order valence-electron chi connectivity index (χ3n) is 1.78. The second-order valence-corrected chi connectivity index (χ2v) is 2.70. The van der Waals surface area contributed by atoms with Gasteiger partial charge in [0.05, 0.1) is 11.9 Å². The molecule has 0 radical (unpaired) electrons. The highest BCUT2D eigenvalue weighted by atomic mass is 16.7. The summed E-state index contributed by atoms with van der Waals surface area (Å²) in [6.45, 7) is 3.47. The van der Waals surface area contributed by atoms with Crippen molar-refractivity contribution in [2.24, 2.45) is 0 Å². The van der Waals surface area contributed by atoms with E-state index in [-0.39, 0.29) is 0 Å². The Hall–Kier alpha value is -1.94. The zero-order valence-corrected chi connectivity index (χ0v) is 7.63. The number of hydrogen-bond donors (Lipinski definition) is 1. The van der Waals surface area contributed by atoms with Crippen molar-refractivity contribution in [3.63, 3.8) is 0 Å². The molecule has 0 saturated carbocycles. The Morgan fingerprint density at radius 3 is 2.71 bits per heavy atom. The molecule has 4 nitrogen and oxygen atoms in total. The highest BCUT2D eigenvalue weighted by Gasteiger charge is 2.12. The minimum atomic E-state index is 1.04. The fourth-order valence-electron chi connectivity index (χ4n) is 1.17. The van der Waals surface area contributed by atoms with Crippen molar-refractivity contribution in [1.82, 2.24) is 10.7 Å². The summed E-state index contributed by atoms with van der Waals surface area (Å²) < 4.78 is 0. The molecule has 72 valence electrons. The molecule has 1 aromatic rings. The lowest BCUT2D eigenvalue weighted by Crippen LogP contribution is -2.38. The molecule has 0 fully saturated rings. The topological polar surface area (TPSA) is 27.7 Å². The van der Waals surface area contributed by atoms with Gasteiger partial charge in [0.1, 0.15) is 6.26 Å². The predicted molar refractivity (Wildman–Crippen MR) is 54.3 cm³/mol. The van der Waals surface area contributed by atoms with Crippen LogP contribution in [-0.2, 0) is 4.84 Å². The number of anilines is 1. The lowest BCUT2D eigenvalue weighted by Gasteiger charge is -2.20. The molecule has 1 aromatic carbocycles. The van der Waals surface area contributed by atoms with Gasteiger partial charge in [-0.25, -0.2) is 0 Å².